The third-order valence-corrected chi connectivity index (χ3v) is 3.89. The van der Waals surface area contributed by atoms with Gasteiger partial charge in [0.05, 0.1) is 4.92 Å². The van der Waals surface area contributed by atoms with Gasteiger partial charge in [0.1, 0.15) is 0 Å². The summed E-state index contributed by atoms with van der Waals surface area (Å²) in [6.07, 6.45) is 6.38. The SMILES string of the molecule is Cc1cc([N+](=O)[O-])ccc1N(C)C1CCCCC1. The molecule has 1 aromatic rings. The summed E-state index contributed by atoms with van der Waals surface area (Å²) in [6.45, 7) is 1.95. The third kappa shape index (κ3) is 2.63. The van der Waals surface area contributed by atoms with Gasteiger partial charge in [-0.15, -0.1) is 0 Å². The molecule has 4 heteroatoms. The fourth-order valence-electron chi connectivity index (χ4n) is 2.81. The predicted octanol–water partition coefficient (Wildman–Crippen LogP) is 3.67. The van der Waals surface area contributed by atoms with E-state index in [2.05, 4.69) is 11.9 Å². The molecule has 0 heterocycles. The standard InChI is InChI=1S/C14H20N2O2/c1-11-10-13(16(17)18)8-9-14(11)15(2)12-6-4-3-5-7-12/h8-10,12H,3-7H2,1-2H3. The number of aryl methyl sites for hydroxylation is 1. The second-order valence-corrected chi connectivity index (χ2v) is 5.13. The van der Waals surface area contributed by atoms with Gasteiger partial charge in [-0.1, -0.05) is 19.3 Å². The second kappa shape index (κ2) is 5.38. The summed E-state index contributed by atoms with van der Waals surface area (Å²) in [5.41, 5.74) is 2.28. The molecule has 0 aromatic heterocycles. The maximum atomic E-state index is 10.7. The van der Waals surface area contributed by atoms with Gasteiger partial charge in [-0.25, -0.2) is 0 Å². The van der Waals surface area contributed by atoms with Crippen molar-refractivity contribution in [2.45, 2.75) is 45.1 Å². The Morgan fingerprint density at radius 3 is 2.50 bits per heavy atom. The molecule has 1 fully saturated rings. The van der Waals surface area contributed by atoms with Crippen molar-refractivity contribution in [3.8, 4) is 0 Å². The number of hydrogen-bond donors (Lipinski definition) is 0. The van der Waals surface area contributed by atoms with E-state index in [0.29, 0.717) is 6.04 Å². The summed E-state index contributed by atoms with van der Waals surface area (Å²) in [5.74, 6) is 0. The van der Waals surface area contributed by atoms with E-state index in [1.165, 1.54) is 32.1 Å². The number of nitrogens with zero attached hydrogens (tertiary/aromatic N) is 2. The number of anilines is 1. The number of non-ortho nitro benzene ring substituents is 1. The largest absolute Gasteiger partial charge is 0.371 e. The molecule has 0 amide bonds. The van der Waals surface area contributed by atoms with Crippen LogP contribution in [-0.4, -0.2) is 18.0 Å². The van der Waals surface area contributed by atoms with Gasteiger partial charge in [-0.05, 0) is 31.4 Å². The predicted molar refractivity (Wildman–Crippen MR) is 73.1 cm³/mol. The highest BCUT2D eigenvalue weighted by molar-refractivity contribution is 5.57. The van der Waals surface area contributed by atoms with Gasteiger partial charge in [-0.2, -0.15) is 0 Å². The zero-order valence-electron chi connectivity index (χ0n) is 11.1. The van der Waals surface area contributed by atoms with E-state index in [1.54, 1.807) is 12.1 Å². The Morgan fingerprint density at radius 1 is 1.28 bits per heavy atom. The van der Waals surface area contributed by atoms with E-state index < -0.39 is 0 Å². The molecule has 4 nitrogen and oxygen atoms in total. The molecule has 1 aromatic carbocycles. The summed E-state index contributed by atoms with van der Waals surface area (Å²) >= 11 is 0. The van der Waals surface area contributed by atoms with E-state index in [0.717, 1.165) is 11.3 Å². The van der Waals surface area contributed by atoms with Gasteiger partial charge in [0.25, 0.3) is 5.69 Å². The van der Waals surface area contributed by atoms with Crippen molar-refractivity contribution in [2.24, 2.45) is 0 Å². The molecule has 0 saturated heterocycles. The first-order chi connectivity index (χ1) is 8.59. The molecule has 1 saturated carbocycles. The van der Waals surface area contributed by atoms with E-state index >= 15 is 0 Å². The summed E-state index contributed by atoms with van der Waals surface area (Å²) in [7, 11) is 2.10. The molecule has 98 valence electrons. The van der Waals surface area contributed by atoms with Gasteiger partial charge in [0.15, 0.2) is 0 Å². The van der Waals surface area contributed by atoms with Crippen molar-refractivity contribution in [3.05, 3.63) is 33.9 Å². The number of nitro groups is 1. The maximum absolute atomic E-state index is 10.7. The Hall–Kier alpha value is -1.58. The molecule has 18 heavy (non-hydrogen) atoms. The average molecular weight is 248 g/mol. The Bertz CT molecular complexity index is 439. The Balaban J connectivity index is 2.19. The summed E-state index contributed by atoms with van der Waals surface area (Å²) in [5, 5.41) is 10.7. The normalized spacial score (nSPS) is 16.6. The van der Waals surface area contributed by atoms with Crippen LogP contribution in [0.4, 0.5) is 11.4 Å². The Labute approximate surface area is 108 Å². The van der Waals surface area contributed by atoms with E-state index in [-0.39, 0.29) is 10.6 Å². The Morgan fingerprint density at radius 2 is 1.94 bits per heavy atom. The number of rotatable bonds is 3. The van der Waals surface area contributed by atoms with Crippen LogP contribution in [0.2, 0.25) is 0 Å². The van der Waals surface area contributed by atoms with Crippen molar-refractivity contribution < 1.29 is 4.92 Å². The highest BCUT2D eigenvalue weighted by Crippen LogP contribution is 2.30. The molecule has 0 aliphatic heterocycles. The molecule has 1 aliphatic carbocycles. The third-order valence-electron chi connectivity index (χ3n) is 3.89. The van der Waals surface area contributed by atoms with Gasteiger partial charge in [0.2, 0.25) is 0 Å². The average Bonchev–Trinajstić information content (AvgIpc) is 2.38. The first-order valence-electron chi connectivity index (χ1n) is 6.57. The van der Waals surface area contributed by atoms with Crippen LogP contribution in [0.25, 0.3) is 0 Å². The fraction of sp³-hybridized carbons (Fsp3) is 0.571. The minimum absolute atomic E-state index is 0.174. The van der Waals surface area contributed by atoms with Crippen LogP contribution in [0.3, 0.4) is 0 Å². The molecule has 0 radical (unpaired) electrons. The smallest absolute Gasteiger partial charge is 0.269 e. The lowest BCUT2D eigenvalue weighted by Crippen LogP contribution is -2.33. The second-order valence-electron chi connectivity index (χ2n) is 5.13. The highest BCUT2D eigenvalue weighted by atomic mass is 16.6. The van der Waals surface area contributed by atoms with Crippen LogP contribution in [0.1, 0.15) is 37.7 Å². The fourth-order valence-corrected chi connectivity index (χ4v) is 2.81. The van der Waals surface area contributed by atoms with Crippen molar-refractivity contribution in [2.75, 3.05) is 11.9 Å². The zero-order chi connectivity index (χ0) is 13.1. The van der Waals surface area contributed by atoms with Gasteiger partial charge in [0, 0.05) is 30.9 Å². The first-order valence-corrected chi connectivity index (χ1v) is 6.57. The molecule has 0 spiro atoms. The minimum Gasteiger partial charge on any atom is -0.371 e. The number of hydrogen-bond acceptors (Lipinski definition) is 3. The lowest BCUT2D eigenvalue weighted by Gasteiger charge is -2.33. The topological polar surface area (TPSA) is 46.4 Å². The zero-order valence-corrected chi connectivity index (χ0v) is 11.1. The molecule has 0 unspecified atom stereocenters. The lowest BCUT2D eigenvalue weighted by molar-refractivity contribution is -0.384. The number of nitro benzene ring substituents is 1. The summed E-state index contributed by atoms with van der Waals surface area (Å²) < 4.78 is 0. The molecule has 1 aliphatic rings. The van der Waals surface area contributed by atoms with Crippen molar-refractivity contribution in [1.29, 1.82) is 0 Å². The minimum atomic E-state index is -0.336. The molecule has 0 atom stereocenters. The van der Waals surface area contributed by atoms with Gasteiger partial charge >= 0.3 is 0 Å². The summed E-state index contributed by atoms with van der Waals surface area (Å²) in [6, 6.07) is 5.72. The summed E-state index contributed by atoms with van der Waals surface area (Å²) in [4.78, 5) is 12.7. The van der Waals surface area contributed by atoms with Crippen LogP contribution >= 0.6 is 0 Å². The van der Waals surface area contributed by atoms with Crippen LogP contribution in [0.15, 0.2) is 18.2 Å². The van der Waals surface area contributed by atoms with Gasteiger partial charge in [-0.3, -0.25) is 10.1 Å². The highest BCUT2D eigenvalue weighted by Gasteiger charge is 2.20. The van der Waals surface area contributed by atoms with Crippen molar-refractivity contribution >= 4 is 11.4 Å². The monoisotopic (exact) mass is 248 g/mol. The first kappa shape index (κ1) is 12.9. The molecule has 0 bridgehead atoms. The lowest BCUT2D eigenvalue weighted by atomic mass is 9.94. The molecular weight excluding hydrogens is 228 g/mol. The molecule has 0 N–H and O–H groups in total. The van der Waals surface area contributed by atoms with Crippen molar-refractivity contribution in [1.82, 2.24) is 0 Å². The maximum Gasteiger partial charge on any atom is 0.269 e. The Kier molecular flexibility index (Phi) is 3.84. The number of benzene rings is 1. The van der Waals surface area contributed by atoms with Crippen LogP contribution < -0.4 is 4.90 Å². The van der Waals surface area contributed by atoms with Crippen LogP contribution in [0, 0.1) is 17.0 Å². The van der Waals surface area contributed by atoms with Crippen LogP contribution in [-0.2, 0) is 0 Å². The van der Waals surface area contributed by atoms with E-state index in [9.17, 15) is 10.1 Å². The quantitative estimate of drug-likeness (QED) is 0.605. The van der Waals surface area contributed by atoms with Crippen LogP contribution in [0.5, 0.6) is 0 Å². The molecular formula is C14H20N2O2. The van der Waals surface area contributed by atoms with Crippen molar-refractivity contribution in [3.63, 3.8) is 0 Å². The van der Waals surface area contributed by atoms with Gasteiger partial charge < -0.3 is 4.90 Å². The van der Waals surface area contributed by atoms with E-state index in [4.69, 9.17) is 0 Å². The van der Waals surface area contributed by atoms with E-state index in [1.807, 2.05) is 13.0 Å². The molecule has 2 rings (SSSR count).